The third-order valence-electron chi connectivity index (χ3n) is 8.84. The molecule has 0 saturated carbocycles. The molecule has 0 amide bonds. The second-order valence-corrected chi connectivity index (χ2v) is 19.1. The Labute approximate surface area is 356 Å². The molecule has 0 aliphatic heterocycles. The Balaban J connectivity index is 0.000000267. The van der Waals surface area contributed by atoms with Gasteiger partial charge in [-0.2, -0.15) is 64.8 Å². The molecule has 0 unspecified atom stereocenters. The standard InChI is InChI=1S/C20H15F6.C19H13F6.C4H10Si.2ClH.Zr/c1-3-12-6-13-4-11(2)5-17(18(13)7-12)14-8-15(19(21,22)23)10-16(9-14)20(24,25)26;1-10-3-12-4-11(2)6-17(16(12)5-10)13-7-14(18(20,21)22)9-15(8-13)19(23,24)25;1-3-5-4-2;;;/h4-10H,3H2,1-2H3;3-9H,1-2H3;3-4H2,1-2H3;2*1H;/q2*-1;;;;+4/p-2. The molecule has 0 bridgehead atoms. The fraction of sp³-hybridized carbons (Fsp3) is 0.302. The van der Waals surface area contributed by atoms with E-state index in [-0.39, 0.29) is 23.3 Å². The van der Waals surface area contributed by atoms with Crippen LogP contribution < -0.4 is 0 Å². The van der Waals surface area contributed by atoms with Crippen molar-refractivity contribution in [3.8, 4) is 22.3 Å². The van der Waals surface area contributed by atoms with Gasteiger partial charge in [-0.25, -0.2) is 0 Å². The fourth-order valence-electron chi connectivity index (χ4n) is 6.31. The summed E-state index contributed by atoms with van der Waals surface area (Å²) >= 11 is -0.826. The number of aryl methyl sites for hydroxylation is 4. The van der Waals surface area contributed by atoms with Crippen molar-refractivity contribution < 1.29 is 73.5 Å². The number of halogens is 14. The van der Waals surface area contributed by atoms with Gasteiger partial charge in [0.15, 0.2) is 0 Å². The molecule has 6 rings (SSSR count). The van der Waals surface area contributed by atoms with E-state index >= 15 is 0 Å². The van der Waals surface area contributed by atoms with Crippen LogP contribution in [-0.2, 0) is 52.0 Å². The van der Waals surface area contributed by atoms with Gasteiger partial charge in [0.2, 0.25) is 0 Å². The van der Waals surface area contributed by atoms with E-state index in [0.29, 0.717) is 21.9 Å². The van der Waals surface area contributed by atoms with Gasteiger partial charge in [0.1, 0.15) is 0 Å². The van der Waals surface area contributed by atoms with E-state index < -0.39 is 67.8 Å². The van der Waals surface area contributed by atoms with Crippen molar-refractivity contribution in [1.82, 2.24) is 0 Å². The van der Waals surface area contributed by atoms with Gasteiger partial charge in [0.25, 0.3) is 0 Å². The Morgan fingerprint density at radius 2 is 0.831 bits per heavy atom. The Morgan fingerprint density at radius 1 is 0.492 bits per heavy atom. The SMILES string of the molecule is CC[Si]CC.CCc1cc2c(-c3cc(C(F)(F)F)cc(C(F)(F)F)c3)cc(C)cc2[cH-]1.Cc1cc(-c2cc(C(F)(F)F)cc(C(F)(F)F)c2)c2cc(C)[cH-]c2c1.[Cl][Zr+2][Cl]. The first-order valence-corrected chi connectivity index (χ1v) is 25.7. The van der Waals surface area contributed by atoms with Crippen LogP contribution in [0.1, 0.15) is 65.3 Å². The summed E-state index contributed by atoms with van der Waals surface area (Å²) in [6.45, 7) is 11.7. The van der Waals surface area contributed by atoms with E-state index in [4.69, 9.17) is 17.0 Å². The van der Waals surface area contributed by atoms with Crippen LogP contribution in [0.3, 0.4) is 0 Å². The molecule has 59 heavy (non-hydrogen) atoms. The molecule has 16 heteroatoms. The van der Waals surface area contributed by atoms with Crippen LogP contribution in [0.2, 0.25) is 12.1 Å². The van der Waals surface area contributed by atoms with Crippen LogP contribution in [0.15, 0.2) is 84.9 Å². The summed E-state index contributed by atoms with van der Waals surface area (Å²) in [6, 6.07) is 20.4. The van der Waals surface area contributed by atoms with E-state index in [9.17, 15) is 52.7 Å². The summed E-state index contributed by atoms with van der Waals surface area (Å²) in [5.41, 5.74) is -1.28. The number of alkyl halides is 12. The quantitative estimate of drug-likeness (QED) is 0.0917. The van der Waals surface area contributed by atoms with Gasteiger partial charge in [-0.15, -0.1) is 56.9 Å². The van der Waals surface area contributed by atoms with E-state index in [1.54, 1.807) is 32.0 Å². The van der Waals surface area contributed by atoms with Gasteiger partial charge in [-0.3, -0.25) is 0 Å². The van der Waals surface area contributed by atoms with Crippen LogP contribution in [0.25, 0.3) is 43.8 Å². The topological polar surface area (TPSA) is 0 Å². The predicted molar refractivity (Wildman–Crippen MR) is 212 cm³/mol. The number of fused-ring (bicyclic) bond motifs is 2. The molecular formula is C43H38Cl2F12SiZr. The van der Waals surface area contributed by atoms with E-state index in [0.717, 1.165) is 63.7 Å². The summed E-state index contributed by atoms with van der Waals surface area (Å²) in [7, 11) is 11.1. The monoisotopic (exact) mass is 970 g/mol. The van der Waals surface area contributed by atoms with Gasteiger partial charge >= 0.3 is 62.6 Å². The molecule has 0 heterocycles. The fourth-order valence-corrected chi connectivity index (χ4v) is 6.81. The molecule has 0 nitrogen and oxygen atoms in total. The van der Waals surface area contributed by atoms with Gasteiger partial charge in [-0.1, -0.05) is 74.2 Å². The van der Waals surface area contributed by atoms with Gasteiger partial charge in [-0.05, 0) is 67.8 Å². The molecule has 0 aliphatic rings. The summed E-state index contributed by atoms with van der Waals surface area (Å²) in [5.74, 6) is 0. The molecule has 0 spiro atoms. The molecule has 0 N–H and O–H groups in total. The first-order valence-electron chi connectivity index (χ1n) is 17.9. The van der Waals surface area contributed by atoms with Crippen LogP contribution in [0.5, 0.6) is 0 Å². The Kier molecular flexibility index (Phi) is 17.6. The maximum absolute atomic E-state index is 13.1. The minimum absolute atomic E-state index is 0.0888. The van der Waals surface area contributed by atoms with Crippen LogP contribution >= 0.6 is 17.0 Å². The zero-order valence-corrected chi connectivity index (χ0v) is 37.5. The van der Waals surface area contributed by atoms with Crippen molar-refractivity contribution in [2.75, 3.05) is 0 Å². The maximum atomic E-state index is 13.1. The van der Waals surface area contributed by atoms with Crippen LogP contribution in [-0.4, -0.2) is 9.52 Å². The third-order valence-corrected chi connectivity index (χ3v) is 9.84. The molecule has 0 aliphatic carbocycles. The molecule has 2 radical (unpaired) electrons. The number of hydrogen-bond acceptors (Lipinski definition) is 0. The van der Waals surface area contributed by atoms with Gasteiger partial charge < -0.3 is 0 Å². The number of hydrogen-bond donors (Lipinski definition) is 0. The summed E-state index contributed by atoms with van der Waals surface area (Å²) < 4.78 is 157. The Bertz CT molecular complexity index is 2250. The summed E-state index contributed by atoms with van der Waals surface area (Å²) in [6.07, 6.45) is -18.7. The van der Waals surface area contributed by atoms with Crippen LogP contribution in [0.4, 0.5) is 52.7 Å². The normalized spacial score (nSPS) is 11.9. The van der Waals surface area contributed by atoms with Crippen molar-refractivity contribution in [2.24, 2.45) is 0 Å². The molecular weight excluding hydrogens is 935 g/mol. The molecule has 6 aromatic rings. The second-order valence-electron chi connectivity index (χ2n) is 13.5. The number of benzene rings is 4. The summed E-state index contributed by atoms with van der Waals surface area (Å²) in [4.78, 5) is 0. The van der Waals surface area contributed by atoms with Gasteiger partial charge in [0, 0.05) is 9.52 Å². The van der Waals surface area contributed by atoms with E-state index in [1.165, 1.54) is 21.6 Å². The van der Waals surface area contributed by atoms with Crippen LogP contribution in [0, 0.1) is 20.8 Å². The molecule has 0 fully saturated rings. The van der Waals surface area contributed by atoms with E-state index in [1.807, 2.05) is 44.2 Å². The molecule has 6 aromatic carbocycles. The molecule has 0 saturated heterocycles. The summed E-state index contributed by atoms with van der Waals surface area (Å²) in [5, 5.41) is 2.89. The molecule has 316 valence electrons. The van der Waals surface area contributed by atoms with Crippen molar-refractivity contribution in [1.29, 1.82) is 0 Å². The van der Waals surface area contributed by atoms with E-state index in [2.05, 4.69) is 13.8 Å². The van der Waals surface area contributed by atoms with Crippen molar-refractivity contribution >= 4 is 48.1 Å². The van der Waals surface area contributed by atoms with Crippen molar-refractivity contribution in [2.45, 2.75) is 84.8 Å². The number of rotatable bonds is 5. The molecule has 0 aromatic heterocycles. The minimum atomic E-state index is -4.86. The Hall–Kier alpha value is -3.06. The average Bonchev–Trinajstić information content (AvgIpc) is 3.72. The second kappa shape index (κ2) is 20.7. The van der Waals surface area contributed by atoms with Crippen molar-refractivity contribution in [3.63, 3.8) is 0 Å². The van der Waals surface area contributed by atoms with Gasteiger partial charge in [0.05, 0.1) is 22.3 Å². The molecule has 0 atom stereocenters. The third kappa shape index (κ3) is 14.0. The average molecular weight is 973 g/mol. The predicted octanol–water partition coefficient (Wildman–Crippen LogP) is 17.0. The van der Waals surface area contributed by atoms with Crippen molar-refractivity contribution in [3.05, 3.63) is 129 Å². The zero-order valence-electron chi connectivity index (χ0n) is 32.5. The first kappa shape index (κ1) is 50.3. The Morgan fingerprint density at radius 3 is 1.14 bits per heavy atom. The first-order chi connectivity index (χ1) is 27.3. The zero-order chi connectivity index (χ0) is 44.7.